The summed E-state index contributed by atoms with van der Waals surface area (Å²) in [5, 5.41) is 2.15. The highest BCUT2D eigenvalue weighted by Crippen LogP contribution is 2.33. The zero-order valence-electron chi connectivity index (χ0n) is 5.60. The van der Waals surface area contributed by atoms with Crippen LogP contribution in [0.1, 0.15) is 0 Å². The molecule has 4 aliphatic heterocycles. The molecule has 1 radical (unpaired) electrons. The molecule has 5 heteroatoms. The van der Waals surface area contributed by atoms with Crippen LogP contribution in [0, 0.1) is 5.92 Å². The molecule has 4 fully saturated rings. The Kier molecular flexibility index (Phi) is 1.08. The third-order valence-corrected chi connectivity index (χ3v) is 3.01. The maximum Gasteiger partial charge on any atom is 0.0786 e. The molecule has 0 spiro atoms. The van der Waals surface area contributed by atoms with Gasteiger partial charge < -0.3 is 0 Å². The highest BCUT2D eigenvalue weighted by atomic mass is 32.2. The van der Waals surface area contributed by atoms with E-state index in [1.165, 1.54) is 13.1 Å². The fraction of sp³-hybridized carbons (Fsp3) is 1.00. The molecule has 4 rings (SSSR count). The molecule has 4 unspecified atom stereocenters. The first-order valence-corrected chi connectivity index (χ1v) is 4.30. The lowest BCUT2D eigenvalue weighted by molar-refractivity contribution is -0.0754. The molecule has 4 nitrogen and oxygen atoms in total. The van der Waals surface area contributed by atoms with Crippen molar-refractivity contribution in [3.05, 3.63) is 0 Å². The van der Waals surface area contributed by atoms with Gasteiger partial charge in [-0.2, -0.15) is 5.01 Å². The Hall–Kier alpha value is 0.190. The van der Waals surface area contributed by atoms with Crippen LogP contribution in [0.25, 0.3) is 0 Å². The standard InChI is InChI=1S/C5H9N4S/c1-5-2-8-4-7(1)6-9(3-5)10-8/h5H,1-4H2. The molecule has 0 amide bonds. The van der Waals surface area contributed by atoms with Gasteiger partial charge in [0.2, 0.25) is 0 Å². The summed E-state index contributed by atoms with van der Waals surface area (Å²) in [6.45, 7) is 4.61. The van der Waals surface area contributed by atoms with Gasteiger partial charge in [-0.25, -0.2) is 4.31 Å². The maximum atomic E-state index is 4.36. The van der Waals surface area contributed by atoms with Crippen LogP contribution < -0.4 is 5.53 Å². The van der Waals surface area contributed by atoms with Crippen LogP contribution in [-0.4, -0.2) is 40.0 Å². The zero-order chi connectivity index (χ0) is 6.55. The molecule has 0 saturated carbocycles. The third kappa shape index (κ3) is 0.724. The average molecular weight is 157 g/mol. The lowest BCUT2D eigenvalue weighted by Crippen LogP contribution is -2.65. The summed E-state index contributed by atoms with van der Waals surface area (Å²) in [6, 6.07) is 0. The van der Waals surface area contributed by atoms with E-state index < -0.39 is 0 Å². The first-order chi connectivity index (χ1) is 4.90. The van der Waals surface area contributed by atoms with Gasteiger partial charge in [0, 0.05) is 37.7 Å². The summed E-state index contributed by atoms with van der Waals surface area (Å²) in [5.41, 5.74) is 4.36. The van der Waals surface area contributed by atoms with Crippen molar-refractivity contribution in [3.8, 4) is 0 Å². The Morgan fingerprint density at radius 2 is 2.30 bits per heavy atom. The van der Waals surface area contributed by atoms with E-state index in [-0.39, 0.29) is 0 Å². The molecule has 55 valence electrons. The number of nitrogens with zero attached hydrogens (tertiary/aromatic N) is 4. The zero-order valence-corrected chi connectivity index (χ0v) is 6.42. The first-order valence-electron chi connectivity index (χ1n) is 3.57. The number of rotatable bonds is 0. The summed E-state index contributed by atoms with van der Waals surface area (Å²) in [5.74, 6) is 0.840. The molecule has 0 N–H and O–H groups in total. The summed E-state index contributed by atoms with van der Waals surface area (Å²) in [4.78, 5) is 0. The summed E-state index contributed by atoms with van der Waals surface area (Å²) >= 11 is 1.77. The second-order valence-electron chi connectivity index (χ2n) is 3.07. The van der Waals surface area contributed by atoms with Gasteiger partial charge in [-0.3, -0.25) is 0 Å². The molecule has 10 heavy (non-hydrogen) atoms. The largest absolute Gasteiger partial charge is 0.220 e. The van der Waals surface area contributed by atoms with Crippen molar-refractivity contribution in [3.63, 3.8) is 0 Å². The van der Waals surface area contributed by atoms with Crippen LogP contribution in [0.15, 0.2) is 0 Å². The third-order valence-electron chi connectivity index (χ3n) is 2.10. The van der Waals surface area contributed by atoms with E-state index in [1.807, 2.05) is 0 Å². The van der Waals surface area contributed by atoms with Crippen LogP contribution in [0.2, 0.25) is 0 Å². The Morgan fingerprint density at radius 1 is 1.30 bits per heavy atom. The van der Waals surface area contributed by atoms with Gasteiger partial charge in [0.15, 0.2) is 0 Å². The Balaban J connectivity index is 1.90. The second-order valence-corrected chi connectivity index (χ2v) is 4.17. The minimum absolute atomic E-state index is 0.840. The van der Waals surface area contributed by atoms with E-state index in [4.69, 9.17) is 0 Å². The minimum Gasteiger partial charge on any atom is -0.220 e. The topological polar surface area (TPSA) is 23.8 Å². The van der Waals surface area contributed by atoms with Crippen molar-refractivity contribution in [1.82, 2.24) is 19.3 Å². The van der Waals surface area contributed by atoms with Gasteiger partial charge in [-0.1, -0.05) is 5.53 Å². The van der Waals surface area contributed by atoms with Gasteiger partial charge in [0.25, 0.3) is 0 Å². The number of hydrogen-bond acceptors (Lipinski definition) is 4. The van der Waals surface area contributed by atoms with Crippen molar-refractivity contribution in [1.29, 1.82) is 0 Å². The van der Waals surface area contributed by atoms with E-state index in [0.29, 0.717) is 0 Å². The van der Waals surface area contributed by atoms with Crippen LogP contribution in [0.5, 0.6) is 0 Å². The van der Waals surface area contributed by atoms with E-state index in [1.54, 1.807) is 12.1 Å². The van der Waals surface area contributed by atoms with Crippen molar-refractivity contribution in [2.45, 2.75) is 0 Å². The molecule has 4 aliphatic rings. The van der Waals surface area contributed by atoms with E-state index >= 15 is 0 Å². The predicted octanol–water partition coefficient (Wildman–Crippen LogP) is -0.496. The van der Waals surface area contributed by atoms with Gasteiger partial charge in [-0.05, 0) is 0 Å². The van der Waals surface area contributed by atoms with Crippen LogP contribution >= 0.6 is 12.1 Å². The minimum atomic E-state index is 0.840. The molecular formula is C5H9N4S. The highest BCUT2D eigenvalue weighted by Gasteiger charge is 2.40. The van der Waals surface area contributed by atoms with E-state index in [9.17, 15) is 0 Å². The quantitative estimate of drug-likeness (QED) is 0.443. The fourth-order valence-corrected chi connectivity index (χ4v) is 2.90. The Labute approximate surface area is 64.3 Å². The molecule has 0 aliphatic carbocycles. The molecule has 4 heterocycles. The second kappa shape index (κ2) is 1.86. The lowest BCUT2D eigenvalue weighted by Gasteiger charge is -2.51. The summed E-state index contributed by atoms with van der Waals surface area (Å²) in [6.07, 6.45) is 0. The Morgan fingerprint density at radius 3 is 3.00 bits per heavy atom. The number of hydrogen-bond donors (Lipinski definition) is 0. The molecule has 0 aromatic rings. The van der Waals surface area contributed by atoms with Crippen LogP contribution in [0.4, 0.5) is 0 Å². The van der Waals surface area contributed by atoms with Gasteiger partial charge in [0.05, 0.1) is 6.67 Å². The van der Waals surface area contributed by atoms with E-state index in [0.717, 1.165) is 19.1 Å². The van der Waals surface area contributed by atoms with E-state index in [2.05, 4.69) is 19.3 Å². The fourth-order valence-electron chi connectivity index (χ4n) is 1.76. The average Bonchev–Trinajstić information content (AvgIpc) is 1.82. The normalized spacial score (nSPS) is 57.6. The molecule has 4 saturated heterocycles. The van der Waals surface area contributed by atoms with Crippen molar-refractivity contribution < 1.29 is 0 Å². The summed E-state index contributed by atoms with van der Waals surface area (Å²) in [7, 11) is 0. The Bertz CT molecular complexity index is 105. The molecular weight excluding hydrogens is 148 g/mol. The SMILES string of the molecule is C1C2CN3CN1[N]N(C2)S3. The van der Waals surface area contributed by atoms with Crippen molar-refractivity contribution in [2.75, 3.05) is 26.3 Å². The monoisotopic (exact) mass is 157 g/mol. The smallest absolute Gasteiger partial charge is 0.0786 e. The van der Waals surface area contributed by atoms with Crippen LogP contribution in [-0.2, 0) is 0 Å². The van der Waals surface area contributed by atoms with Gasteiger partial charge >= 0.3 is 0 Å². The molecule has 4 bridgehead atoms. The van der Waals surface area contributed by atoms with Gasteiger partial charge in [0.1, 0.15) is 0 Å². The molecule has 0 aromatic heterocycles. The molecule has 0 aromatic carbocycles. The van der Waals surface area contributed by atoms with Crippen molar-refractivity contribution >= 4 is 12.1 Å². The van der Waals surface area contributed by atoms with Crippen molar-refractivity contribution in [2.24, 2.45) is 5.92 Å². The maximum absolute atomic E-state index is 4.36. The molecule has 4 atom stereocenters. The highest BCUT2D eigenvalue weighted by molar-refractivity contribution is 7.94. The first kappa shape index (κ1) is 5.79. The lowest BCUT2D eigenvalue weighted by atomic mass is 10.1. The van der Waals surface area contributed by atoms with Crippen LogP contribution in [0.3, 0.4) is 0 Å². The predicted molar refractivity (Wildman–Crippen MR) is 38.2 cm³/mol. The van der Waals surface area contributed by atoms with Gasteiger partial charge in [-0.15, -0.1) is 4.41 Å². The summed E-state index contributed by atoms with van der Waals surface area (Å²) < 4.78 is 4.45.